The van der Waals surface area contributed by atoms with Gasteiger partial charge >= 0.3 is 17.9 Å². The summed E-state index contributed by atoms with van der Waals surface area (Å²) in [5.74, 6) is -6.86. The van der Waals surface area contributed by atoms with E-state index >= 15 is 0 Å². The van der Waals surface area contributed by atoms with Crippen LogP contribution in [-0.4, -0.2) is 139 Å². The van der Waals surface area contributed by atoms with E-state index < -0.39 is 82.2 Å². The number of carboxylic acids is 2. The van der Waals surface area contributed by atoms with E-state index in [0.717, 1.165) is 24.2 Å². The zero-order chi connectivity index (χ0) is 44.3. The topological polar surface area (TPSA) is 289 Å². The van der Waals surface area contributed by atoms with Crippen LogP contribution in [0.2, 0.25) is 0 Å². The molecule has 22 heteroatoms. The molecule has 2 saturated heterocycles. The summed E-state index contributed by atoms with van der Waals surface area (Å²) in [4.78, 5) is 97.3. The first-order valence-corrected chi connectivity index (χ1v) is 21.3. The summed E-state index contributed by atoms with van der Waals surface area (Å²) in [6, 6.07) is 1.61. The number of oxime groups is 1. The number of nitrogens with one attached hydrogen (secondary N) is 2. The molecule has 326 valence electrons. The number of amides is 3. The molecule has 1 aromatic carbocycles. The number of pyridine rings is 1. The second-order valence-electron chi connectivity index (χ2n) is 14.7. The number of aliphatic carboxylic acids is 2. The van der Waals surface area contributed by atoms with Crippen LogP contribution in [0.4, 0.5) is 5.00 Å². The minimum atomic E-state index is -1.92. The molecule has 8 N–H and O–H groups in total. The monoisotopic (exact) mass is 884 g/mol. The van der Waals surface area contributed by atoms with Crippen molar-refractivity contribution in [3.05, 3.63) is 61.9 Å². The highest BCUT2D eigenvalue weighted by molar-refractivity contribution is 8.00. The molecule has 3 aliphatic heterocycles. The molecule has 3 atom stereocenters. The number of anilines is 1. The molecule has 61 heavy (non-hydrogen) atoms. The number of carboxylic acid groups (broad SMARTS) is 2. The van der Waals surface area contributed by atoms with Crippen molar-refractivity contribution >= 4 is 80.3 Å². The van der Waals surface area contributed by atoms with Crippen LogP contribution in [0.5, 0.6) is 11.5 Å². The lowest BCUT2D eigenvalue weighted by Gasteiger charge is -2.50. The molecule has 3 aromatic rings. The van der Waals surface area contributed by atoms with Gasteiger partial charge in [0.05, 0.1) is 55.6 Å². The van der Waals surface area contributed by atoms with E-state index in [1.165, 1.54) is 47.5 Å². The van der Waals surface area contributed by atoms with Crippen LogP contribution >= 0.6 is 23.1 Å². The molecule has 2 aromatic heterocycles. The number of hydrogen-bond acceptors (Lipinski definition) is 15. The molecule has 2 fully saturated rings. The largest absolute Gasteiger partial charge is 0.504 e. The van der Waals surface area contributed by atoms with E-state index in [9.17, 15) is 48.9 Å². The number of aromatic hydroxyl groups is 2. The van der Waals surface area contributed by atoms with Crippen LogP contribution in [0.15, 0.2) is 44.9 Å². The Hall–Kier alpha value is -6.13. The van der Waals surface area contributed by atoms with Gasteiger partial charge in [-0.05, 0) is 31.0 Å². The lowest BCUT2D eigenvalue weighted by molar-refractivity contribution is -0.911. The first kappa shape index (κ1) is 44.4. The average Bonchev–Trinajstić information content (AvgIpc) is 3.85. The van der Waals surface area contributed by atoms with Crippen molar-refractivity contribution < 1.29 is 63.3 Å². The Morgan fingerprint density at radius 3 is 2.44 bits per heavy atom. The van der Waals surface area contributed by atoms with Gasteiger partial charge in [0.15, 0.2) is 17.2 Å². The molecule has 0 bridgehead atoms. The molecule has 3 unspecified atom stereocenters. The van der Waals surface area contributed by atoms with Gasteiger partial charge in [-0.15, -0.1) is 23.1 Å². The number of carbonyl (C=O) groups is 6. The second kappa shape index (κ2) is 18.2. The van der Waals surface area contributed by atoms with Gasteiger partial charge in [0.25, 0.3) is 17.7 Å². The van der Waals surface area contributed by atoms with E-state index in [2.05, 4.69) is 15.8 Å². The van der Waals surface area contributed by atoms with Crippen LogP contribution in [-0.2, 0) is 46.5 Å². The van der Waals surface area contributed by atoms with Crippen LogP contribution in [0.1, 0.15) is 54.6 Å². The quantitative estimate of drug-likeness (QED) is 0.0250. The van der Waals surface area contributed by atoms with Crippen molar-refractivity contribution in [1.82, 2.24) is 20.1 Å². The number of esters is 1. The fourth-order valence-corrected chi connectivity index (χ4v) is 10.2. The van der Waals surface area contributed by atoms with Crippen molar-refractivity contribution in [3.63, 3.8) is 0 Å². The molecule has 3 amide bonds. The minimum absolute atomic E-state index is 0.0450. The first-order valence-electron chi connectivity index (χ1n) is 19.4. The normalized spacial score (nSPS) is 18.9. The number of benzene rings is 1. The van der Waals surface area contributed by atoms with Gasteiger partial charge in [0.1, 0.15) is 29.2 Å². The summed E-state index contributed by atoms with van der Waals surface area (Å²) in [5, 5.41) is 49.4. The number of nitrogens with two attached hydrogens (primary N) is 1. The highest BCUT2D eigenvalue weighted by atomic mass is 32.2. The predicted molar refractivity (Wildman–Crippen MR) is 222 cm³/mol. The number of likely N-dealkylation sites (tertiary alicyclic amines) is 1. The van der Waals surface area contributed by atoms with Crippen molar-refractivity contribution in [3.8, 4) is 11.5 Å². The van der Waals surface area contributed by atoms with Crippen molar-refractivity contribution in [2.45, 2.75) is 63.6 Å². The van der Waals surface area contributed by atoms with Crippen molar-refractivity contribution in [2.75, 3.05) is 51.3 Å². The zero-order valence-electron chi connectivity index (χ0n) is 33.5. The number of quaternary nitrogens is 1. The fraction of sp³-hybridized carbons (Fsp3) is 0.436. The Kier molecular flexibility index (Phi) is 13.3. The van der Waals surface area contributed by atoms with E-state index in [4.69, 9.17) is 20.4 Å². The number of thiophene rings is 1. The van der Waals surface area contributed by atoms with Gasteiger partial charge in [-0.25, -0.2) is 9.59 Å². The van der Waals surface area contributed by atoms with E-state index in [1.54, 1.807) is 11.5 Å². The summed E-state index contributed by atoms with van der Waals surface area (Å²) in [7, 11) is 1.19. The summed E-state index contributed by atoms with van der Waals surface area (Å²) in [5.41, 5.74) is 6.52. The van der Waals surface area contributed by atoms with Gasteiger partial charge in [-0.3, -0.25) is 28.9 Å². The molecule has 6 rings (SSSR count). The average molecular weight is 885 g/mol. The van der Waals surface area contributed by atoms with E-state index in [0.29, 0.717) is 65.3 Å². The highest BCUT2D eigenvalue weighted by Gasteiger charge is 2.55. The third-order valence-corrected chi connectivity index (χ3v) is 13.3. The number of aromatic nitrogens is 1. The number of rotatable bonds is 17. The standard InChI is InChI=1S/C39H45N7O13S2/c1-4-20-22(18-60-33(20)40)28(43-59-25(38(55)56)14-26(48)49)35(53)42-29-36(54)45-30(39(57)58-3)19(17-61-37(29)45)16-46(11-6-7-12-46)13-10-41-34(52)21-15-44(5-2)23-8-9-24(47)32(51)27(23)31(21)50/h8-9,15,18,25,29,37H,4-7,10-14,16-17,40H2,1-3H3,(H5-,41,42,43,47,48,49,50,51,52,53,55,56)/p+1. The maximum atomic E-state index is 13.9. The lowest BCUT2D eigenvalue weighted by atomic mass is 10.0. The minimum Gasteiger partial charge on any atom is -0.504 e. The second-order valence-corrected chi connectivity index (χ2v) is 16.8. The van der Waals surface area contributed by atoms with E-state index in [1.807, 2.05) is 6.92 Å². The van der Waals surface area contributed by atoms with Crippen LogP contribution < -0.4 is 21.8 Å². The number of β-lactam (4-membered cyclic amide) rings is 1. The lowest BCUT2D eigenvalue weighted by Crippen LogP contribution is -2.71. The van der Waals surface area contributed by atoms with Gasteiger partial charge in [-0.1, -0.05) is 12.1 Å². The molecular weight excluding hydrogens is 839 g/mol. The number of carbonyl (C=O) groups excluding carboxylic acids is 4. The molecular formula is C39H46N7O13S2+. The molecule has 20 nitrogen and oxygen atoms in total. The van der Waals surface area contributed by atoms with E-state index in [-0.39, 0.29) is 34.5 Å². The number of aryl methyl sites for hydroxylation is 1. The highest BCUT2D eigenvalue weighted by Crippen LogP contribution is 2.42. The number of hydrogen-bond donors (Lipinski definition) is 7. The predicted octanol–water partition coefficient (Wildman–Crippen LogP) is 1.15. The Labute approximate surface area is 356 Å². The molecule has 3 aliphatic rings. The third kappa shape index (κ3) is 8.73. The Bertz CT molecular complexity index is 2420. The fourth-order valence-electron chi connectivity index (χ4n) is 7.97. The molecule has 5 heterocycles. The summed E-state index contributed by atoms with van der Waals surface area (Å²) < 4.78 is 7.23. The number of nitrogens with zero attached hydrogens (tertiary/aromatic N) is 4. The summed E-state index contributed by atoms with van der Waals surface area (Å²) in [6.45, 7) is 6.26. The molecule has 0 saturated carbocycles. The first-order chi connectivity index (χ1) is 29.1. The van der Waals surface area contributed by atoms with Crippen LogP contribution in [0.3, 0.4) is 0 Å². The third-order valence-electron chi connectivity index (χ3n) is 11.1. The number of fused-ring (bicyclic) bond motifs is 2. The van der Waals surface area contributed by atoms with Gasteiger partial charge in [0, 0.05) is 47.9 Å². The zero-order valence-corrected chi connectivity index (χ0v) is 35.1. The SMILES string of the molecule is CCc1c(C(=NOC(CC(=O)O)C(=O)O)C(=O)NC2C(=O)N3C(C(=O)OC)=C(C[N+]4(CCNC(=O)c5cn(CC)c6ccc(O)c(O)c6c5=O)CCCC4)CSC23)csc1N. The molecule has 0 spiro atoms. The number of ether oxygens (including phenoxy) is 1. The van der Waals surface area contributed by atoms with Gasteiger partial charge in [0.2, 0.25) is 11.5 Å². The number of methoxy groups -OCH3 is 1. The van der Waals surface area contributed by atoms with Crippen molar-refractivity contribution in [1.29, 1.82) is 0 Å². The maximum Gasteiger partial charge on any atom is 0.355 e. The Morgan fingerprint density at radius 1 is 1.08 bits per heavy atom. The number of thioether (sulfide) groups is 1. The van der Waals surface area contributed by atoms with Crippen LogP contribution in [0, 0.1) is 0 Å². The van der Waals surface area contributed by atoms with Gasteiger partial charge < -0.3 is 55.4 Å². The Balaban J connectivity index is 1.20. The number of phenolic OH excluding ortho intramolecular Hbond substituents is 2. The maximum absolute atomic E-state index is 13.9. The summed E-state index contributed by atoms with van der Waals surface area (Å²) >= 11 is 2.41. The number of nitrogen functional groups attached to an aromatic ring is 1. The Morgan fingerprint density at radius 2 is 1.80 bits per heavy atom. The van der Waals surface area contributed by atoms with Crippen molar-refractivity contribution in [2.24, 2.45) is 5.16 Å². The number of phenols is 2. The smallest absolute Gasteiger partial charge is 0.355 e. The van der Waals surface area contributed by atoms with Crippen LogP contribution in [0.25, 0.3) is 10.9 Å². The molecule has 0 aliphatic carbocycles. The van der Waals surface area contributed by atoms with Gasteiger partial charge in [-0.2, -0.15) is 0 Å². The molecule has 0 radical (unpaired) electrons. The summed E-state index contributed by atoms with van der Waals surface area (Å²) in [6.07, 6.45) is 0.632.